The van der Waals surface area contributed by atoms with Gasteiger partial charge in [0.25, 0.3) is 0 Å². The molecule has 1 unspecified atom stereocenters. The number of hydrogen-bond acceptors (Lipinski definition) is 3. The maximum atomic E-state index is 9.44. The lowest BCUT2D eigenvalue weighted by Gasteiger charge is -2.29. The van der Waals surface area contributed by atoms with Crippen LogP contribution >= 0.6 is 27.3 Å². The number of aliphatic hydroxyl groups excluding tert-OH is 1. The molecule has 0 aliphatic heterocycles. The smallest absolute Gasteiger partial charge is 0.0540 e. The lowest BCUT2D eigenvalue weighted by atomic mass is 9.82. The molecule has 1 aromatic rings. The third-order valence-electron chi connectivity index (χ3n) is 3.17. The molecule has 0 radical (unpaired) electrons. The van der Waals surface area contributed by atoms with Gasteiger partial charge in [0, 0.05) is 20.8 Å². The Bertz CT molecular complexity index is 320. The minimum Gasteiger partial charge on any atom is -0.393 e. The summed E-state index contributed by atoms with van der Waals surface area (Å²) in [5.74, 6) is 0.541. The van der Waals surface area contributed by atoms with Gasteiger partial charge in [-0.15, -0.1) is 11.3 Å². The highest BCUT2D eigenvalue weighted by atomic mass is 79.9. The lowest BCUT2D eigenvalue weighted by molar-refractivity contribution is 0.102. The molecule has 1 atom stereocenters. The van der Waals surface area contributed by atoms with Crippen LogP contribution in [0.4, 0.5) is 0 Å². The first kappa shape index (κ1) is 11.6. The maximum Gasteiger partial charge on any atom is 0.0540 e. The van der Waals surface area contributed by atoms with Gasteiger partial charge in [0.15, 0.2) is 0 Å². The van der Waals surface area contributed by atoms with Crippen molar-refractivity contribution in [1.82, 2.24) is 0 Å². The SMILES string of the molecule is NC(c1cc(Br)cs1)C1CCC(O)CC1. The van der Waals surface area contributed by atoms with Crippen molar-refractivity contribution in [1.29, 1.82) is 0 Å². The molecule has 0 bridgehead atoms. The number of hydrogen-bond donors (Lipinski definition) is 2. The molecule has 1 heterocycles. The van der Waals surface area contributed by atoms with Gasteiger partial charge in [-0.2, -0.15) is 0 Å². The number of thiophene rings is 1. The van der Waals surface area contributed by atoms with Gasteiger partial charge >= 0.3 is 0 Å². The molecule has 3 N–H and O–H groups in total. The molecule has 0 aromatic carbocycles. The number of aliphatic hydroxyl groups is 1. The summed E-state index contributed by atoms with van der Waals surface area (Å²) in [6.07, 6.45) is 3.83. The van der Waals surface area contributed by atoms with Crippen molar-refractivity contribution in [2.45, 2.75) is 37.8 Å². The predicted octanol–water partition coefficient (Wildman–Crippen LogP) is 3.06. The Kier molecular flexibility index (Phi) is 3.83. The molecule has 4 heteroatoms. The standard InChI is InChI=1S/C11H16BrNOS/c12-8-5-10(15-6-8)11(13)7-1-3-9(14)4-2-7/h5-7,9,11,14H,1-4,13H2. The molecule has 2 rings (SSSR count). The van der Waals surface area contributed by atoms with Crippen LogP contribution in [-0.4, -0.2) is 11.2 Å². The number of rotatable bonds is 2. The fraction of sp³-hybridized carbons (Fsp3) is 0.636. The summed E-state index contributed by atoms with van der Waals surface area (Å²) >= 11 is 5.17. The second-order valence-corrected chi connectivity index (χ2v) is 6.12. The number of nitrogens with two attached hydrogens (primary N) is 1. The molecular formula is C11H16BrNOS. The molecular weight excluding hydrogens is 274 g/mol. The highest BCUT2D eigenvalue weighted by Crippen LogP contribution is 2.36. The van der Waals surface area contributed by atoms with Crippen molar-refractivity contribution < 1.29 is 5.11 Å². The Morgan fingerprint density at radius 1 is 1.40 bits per heavy atom. The molecule has 0 spiro atoms. The molecule has 0 saturated heterocycles. The summed E-state index contributed by atoms with van der Waals surface area (Å²) in [5.41, 5.74) is 6.24. The van der Waals surface area contributed by atoms with Crippen molar-refractivity contribution in [2.75, 3.05) is 0 Å². The average molecular weight is 290 g/mol. The highest BCUT2D eigenvalue weighted by molar-refractivity contribution is 9.10. The highest BCUT2D eigenvalue weighted by Gasteiger charge is 2.26. The van der Waals surface area contributed by atoms with E-state index in [1.807, 2.05) is 0 Å². The normalized spacial score (nSPS) is 29.0. The van der Waals surface area contributed by atoms with E-state index in [0.29, 0.717) is 5.92 Å². The Balaban J connectivity index is 1.99. The molecule has 1 fully saturated rings. The van der Waals surface area contributed by atoms with E-state index < -0.39 is 0 Å². The Hall–Kier alpha value is 0.1000. The van der Waals surface area contributed by atoms with Crippen LogP contribution in [-0.2, 0) is 0 Å². The number of halogens is 1. The average Bonchev–Trinajstić information content (AvgIpc) is 2.65. The minimum atomic E-state index is -0.0940. The quantitative estimate of drug-likeness (QED) is 0.879. The van der Waals surface area contributed by atoms with Gasteiger partial charge in [0.2, 0.25) is 0 Å². The van der Waals surface area contributed by atoms with Crippen LogP contribution in [0.3, 0.4) is 0 Å². The van der Waals surface area contributed by atoms with Gasteiger partial charge in [-0.3, -0.25) is 0 Å². The Labute approximate surface area is 103 Å². The Morgan fingerprint density at radius 2 is 2.07 bits per heavy atom. The van der Waals surface area contributed by atoms with Gasteiger partial charge in [-0.05, 0) is 53.6 Å². The molecule has 1 aliphatic rings. The van der Waals surface area contributed by atoms with Gasteiger partial charge in [-0.1, -0.05) is 0 Å². The van der Waals surface area contributed by atoms with Crippen LogP contribution in [0.5, 0.6) is 0 Å². The topological polar surface area (TPSA) is 46.2 Å². The largest absolute Gasteiger partial charge is 0.393 e. The molecule has 1 saturated carbocycles. The monoisotopic (exact) mass is 289 g/mol. The first-order valence-electron chi connectivity index (χ1n) is 5.34. The second-order valence-electron chi connectivity index (χ2n) is 4.26. The van der Waals surface area contributed by atoms with E-state index in [-0.39, 0.29) is 12.1 Å². The van der Waals surface area contributed by atoms with Crippen LogP contribution in [0.1, 0.15) is 36.6 Å². The zero-order valence-corrected chi connectivity index (χ0v) is 10.9. The van der Waals surface area contributed by atoms with E-state index in [2.05, 4.69) is 27.4 Å². The molecule has 1 aromatic heterocycles. The molecule has 1 aliphatic carbocycles. The zero-order valence-electron chi connectivity index (χ0n) is 8.53. The second kappa shape index (κ2) is 4.95. The van der Waals surface area contributed by atoms with E-state index in [4.69, 9.17) is 5.73 Å². The van der Waals surface area contributed by atoms with Crippen molar-refractivity contribution >= 4 is 27.3 Å². The van der Waals surface area contributed by atoms with E-state index in [1.165, 1.54) is 4.88 Å². The maximum absolute atomic E-state index is 9.44. The molecule has 84 valence electrons. The van der Waals surface area contributed by atoms with Crippen LogP contribution in [0.2, 0.25) is 0 Å². The van der Waals surface area contributed by atoms with Crippen LogP contribution in [0.25, 0.3) is 0 Å². The Morgan fingerprint density at radius 3 is 2.60 bits per heavy atom. The summed E-state index contributed by atoms with van der Waals surface area (Å²) in [4.78, 5) is 1.25. The summed E-state index contributed by atoms with van der Waals surface area (Å²) in [5, 5.41) is 11.5. The van der Waals surface area contributed by atoms with Gasteiger partial charge < -0.3 is 10.8 Å². The van der Waals surface area contributed by atoms with Gasteiger partial charge in [0.05, 0.1) is 6.10 Å². The lowest BCUT2D eigenvalue weighted by Crippen LogP contribution is -2.27. The summed E-state index contributed by atoms with van der Waals surface area (Å²) < 4.78 is 1.12. The van der Waals surface area contributed by atoms with Crippen LogP contribution in [0, 0.1) is 5.92 Å². The zero-order chi connectivity index (χ0) is 10.8. The molecule has 0 amide bonds. The van der Waals surface area contributed by atoms with Gasteiger partial charge in [-0.25, -0.2) is 0 Å². The van der Waals surface area contributed by atoms with Crippen molar-refractivity contribution in [2.24, 2.45) is 11.7 Å². The third-order valence-corrected chi connectivity index (χ3v) is 4.96. The fourth-order valence-corrected chi connectivity index (χ4v) is 3.74. The fourth-order valence-electron chi connectivity index (χ4n) is 2.20. The summed E-state index contributed by atoms with van der Waals surface area (Å²) in [6, 6.07) is 2.26. The molecule has 2 nitrogen and oxygen atoms in total. The van der Waals surface area contributed by atoms with E-state index in [0.717, 1.165) is 30.2 Å². The van der Waals surface area contributed by atoms with Crippen molar-refractivity contribution in [3.05, 3.63) is 20.8 Å². The third kappa shape index (κ3) is 2.81. The van der Waals surface area contributed by atoms with Crippen molar-refractivity contribution in [3.63, 3.8) is 0 Å². The van der Waals surface area contributed by atoms with E-state index in [9.17, 15) is 5.11 Å². The predicted molar refractivity (Wildman–Crippen MR) is 66.9 cm³/mol. The van der Waals surface area contributed by atoms with Crippen LogP contribution in [0.15, 0.2) is 15.9 Å². The minimum absolute atomic E-state index is 0.0940. The summed E-state index contributed by atoms with van der Waals surface area (Å²) in [6.45, 7) is 0. The van der Waals surface area contributed by atoms with Crippen LogP contribution < -0.4 is 5.73 Å². The van der Waals surface area contributed by atoms with E-state index in [1.54, 1.807) is 11.3 Å². The van der Waals surface area contributed by atoms with Gasteiger partial charge in [0.1, 0.15) is 0 Å². The van der Waals surface area contributed by atoms with E-state index >= 15 is 0 Å². The first-order chi connectivity index (χ1) is 7.16. The molecule has 15 heavy (non-hydrogen) atoms. The van der Waals surface area contributed by atoms with Crippen molar-refractivity contribution in [3.8, 4) is 0 Å². The first-order valence-corrected chi connectivity index (χ1v) is 7.01. The summed E-state index contributed by atoms with van der Waals surface area (Å²) in [7, 11) is 0.